The first-order valence-electron chi connectivity index (χ1n) is 8.57. The number of benzene rings is 2. The molecule has 1 aliphatic carbocycles. The summed E-state index contributed by atoms with van der Waals surface area (Å²) in [5.74, 6) is 2.05. The van der Waals surface area contributed by atoms with Crippen molar-refractivity contribution in [2.24, 2.45) is 10.4 Å². The van der Waals surface area contributed by atoms with Crippen LogP contribution in [-0.2, 0) is 4.74 Å². The number of methoxy groups -OCH3 is 1. The van der Waals surface area contributed by atoms with Gasteiger partial charge in [-0.15, -0.1) is 0 Å². The van der Waals surface area contributed by atoms with E-state index in [4.69, 9.17) is 14.5 Å². The van der Waals surface area contributed by atoms with Crippen LogP contribution in [0.2, 0.25) is 0 Å². The molecule has 1 atom stereocenters. The molecule has 1 unspecified atom stereocenters. The highest BCUT2D eigenvalue weighted by Gasteiger charge is 2.65. The Labute approximate surface area is 166 Å². The molecule has 0 amide bonds. The number of halogens is 1. The fourth-order valence-electron chi connectivity index (χ4n) is 3.38. The van der Waals surface area contributed by atoms with Gasteiger partial charge in [-0.1, -0.05) is 30.3 Å². The number of hydrogen-bond donors (Lipinski definition) is 1. The van der Waals surface area contributed by atoms with E-state index in [0.29, 0.717) is 11.7 Å². The van der Waals surface area contributed by atoms with E-state index < -0.39 is 11.0 Å². The van der Waals surface area contributed by atoms with Crippen molar-refractivity contribution in [3.63, 3.8) is 0 Å². The van der Waals surface area contributed by atoms with E-state index in [1.54, 1.807) is 7.11 Å². The van der Waals surface area contributed by atoms with Crippen molar-refractivity contribution in [1.82, 2.24) is 0 Å². The zero-order valence-corrected chi connectivity index (χ0v) is 16.9. The fourth-order valence-corrected chi connectivity index (χ4v) is 4.32. The molecule has 0 saturated heterocycles. The van der Waals surface area contributed by atoms with Gasteiger partial charge in [-0.3, -0.25) is 0 Å². The summed E-state index contributed by atoms with van der Waals surface area (Å²) in [5.41, 5.74) is 0.284. The third kappa shape index (κ3) is 2.74. The monoisotopic (exact) mass is 461 g/mol. The summed E-state index contributed by atoms with van der Waals surface area (Å²) in [4.78, 5) is 4.76. The lowest BCUT2D eigenvalue weighted by Crippen LogP contribution is -2.46. The van der Waals surface area contributed by atoms with E-state index in [1.807, 2.05) is 61.5 Å². The first-order chi connectivity index (χ1) is 12.5. The summed E-state index contributed by atoms with van der Waals surface area (Å²) in [6.45, 7) is 1.87. The van der Waals surface area contributed by atoms with Crippen LogP contribution in [0.3, 0.4) is 0 Å². The van der Waals surface area contributed by atoms with E-state index in [9.17, 15) is 5.11 Å². The third-order valence-corrected chi connectivity index (χ3v) is 6.80. The maximum atomic E-state index is 11.3. The van der Waals surface area contributed by atoms with Gasteiger partial charge in [0, 0.05) is 5.56 Å². The molecule has 1 heterocycles. The average molecular weight is 461 g/mol. The molecule has 1 N–H and O–H groups in total. The molecule has 2 aromatic rings. The van der Waals surface area contributed by atoms with Crippen LogP contribution in [0.15, 0.2) is 63.2 Å². The first-order valence-corrected chi connectivity index (χ1v) is 9.65. The van der Waals surface area contributed by atoms with Gasteiger partial charge in [-0.2, -0.15) is 0 Å². The quantitative estimate of drug-likeness (QED) is 0.648. The molecule has 1 spiro atoms. The lowest BCUT2D eigenvalue weighted by molar-refractivity contribution is 0.0457. The molecule has 134 valence electrons. The van der Waals surface area contributed by atoms with E-state index >= 15 is 0 Å². The summed E-state index contributed by atoms with van der Waals surface area (Å²) in [5, 5.41) is 11.3. The second-order valence-corrected chi connectivity index (χ2v) is 7.96. The molecule has 0 radical (unpaired) electrons. The average Bonchev–Trinajstić information content (AvgIpc) is 3.47. The maximum Gasteiger partial charge on any atom is 0.204 e. The molecule has 2 aliphatic rings. The molecular weight excluding hydrogens is 441 g/mol. The number of aliphatic hydroxyl groups is 1. The van der Waals surface area contributed by atoms with E-state index in [1.165, 1.54) is 0 Å². The summed E-state index contributed by atoms with van der Waals surface area (Å²) >= 11 is 2.21. The molecule has 1 fully saturated rings. The van der Waals surface area contributed by atoms with Crippen molar-refractivity contribution in [2.45, 2.75) is 25.4 Å². The number of rotatable bonds is 3. The first kappa shape index (κ1) is 17.5. The van der Waals surface area contributed by atoms with Crippen LogP contribution in [0.5, 0.6) is 5.75 Å². The molecule has 0 aromatic heterocycles. The topological polar surface area (TPSA) is 51.0 Å². The van der Waals surface area contributed by atoms with Crippen molar-refractivity contribution < 1.29 is 14.6 Å². The van der Waals surface area contributed by atoms with Gasteiger partial charge in [0.1, 0.15) is 17.1 Å². The van der Waals surface area contributed by atoms with Crippen molar-refractivity contribution >= 4 is 39.9 Å². The smallest absolute Gasteiger partial charge is 0.204 e. The SMILES string of the molecule is COc1ccc(N=C2OC(c3ccccc3)=C(I)C(C)(O)C23CC3)cc1. The van der Waals surface area contributed by atoms with Crippen LogP contribution >= 0.6 is 22.6 Å². The van der Waals surface area contributed by atoms with Gasteiger partial charge >= 0.3 is 0 Å². The van der Waals surface area contributed by atoms with E-state index in [0.717, 1.165) is 33.4 Å². The van der Waals surface area contributed by atoms with Gasteiger partial charge in [0.05, 0.1) is 21.8 Å². The molecule has 0 bridgehead atoms. The molecule has 5 heteroatoms. The van der Waals surface area contributed by atoms with Gasteiger partial charge in [-0.25, -0.2) is 4.99 Å². The van der Waals surface area contributed by atoms with Crippen LogP contribution in [0.4, 0.5) is 5.69 Å². The van der Waals surface area contributed by atoms with Crippen LogP contribution in [-0.4, -0.2) is 23.7 Å². The summed E-state index contributed by atoms with van der Waals surface area (Å²) in [6, 6.07) is 17.4. The molecule has 1 aliphatic heterocycles. The predicted molar refractivity (Wildman–Crippen MR) is 111 cm³/mol. The molecule has 4 rings (SSSR count). The number of aliphatic imine (C=N–C) groups is 1. The van der Waals surface area contributed by atoms with Gasteiger partial charge < -0.3 is 14.6 Å². The number of nitrogens with zero attached hydrogens (tertiary/aromatic N) is 1. The second kappa shape index (κ2) is 6.39. The Balaban J connectivity index is 1.79. The highest BCUT2D eigenvalue weighted by atomic mass is 127. The van der Waals surface area contributed by atoms with Crippen LogP contribution in [0.25, 0.3) is 5.76 Å². The van der Waals surface area contributed by atoms with Crippen LogP contribution < -0.4 is 4.74 Å². The number of ether oxygens (including phenoxy) is 2. The standard InChI is InChI=1S/C21H20INO3/c1-20(24)18(22)17(14-6-4-3-5-7-14)26-19(21(20)12-13-21)23-15-8-10-16(25-2)11-9-15/h3-11,24H,12-13H2,1-2H3. The van der Waals surface area contributed by atoms with Crippen molar-refractivity contribution in [2.75, 3.05) is 7.11 Å². The fraction of sp³-hybridized carbons (Fsp3) is 0.286. The third-order valence-electron chi connectivity index (χ3n) is 5.26. The molecule has 26 heavy (non-hydrogen) atoms. The Morgan fingerprint density at radius 2 is 1.73 bits per heavy atom. The predicted octanol–water partition coefficient (Wildman–Crippen LogP) is 5.09. The van der Waals surface area contributed by atoms with E-state index in [2.05, 4.69) is 22.6 Å². The zero-order chi connectivity index (χ0) is 18.4. The Morgan fingerprint density at radius 1 is 1.08 bits per heavy atom. The lowest BCUT2D eigenvalue weighted by Gasteiger charge is -2.39. The van der Waals surface area contributed by atoms with Crippen LogP contribution in [0, 0.1) is 5.41 Å². The Bertz CT molecular complexity index is 881. The normalized spacial score (nSPS) is 25.3. The minimum absolute atomic E-state index is 0.443. The largest absolute Gasteiger partial charge is 0.497 e. The molecular formula is C21H20INO3. The highest BCUT2D eigenvalue weighted by molar-refractivity contribution is 14.1. The Morgan fingerprint density at radius 3 is 2.31 bits per heavy atom. The minimum atomic E-state index is -0.998. The van der Waals surface area contributed by atoms with Gasteiger partial charge in [-0.05, 0) is 66.6 Å². The highest BCUT2D eigenvalue weighted by Crippen LogP contribution is 2.63. The maximum absolute atomic E-state index is 11.3. The van der Waals surface area contributed by atoms with Gasteiger partial charge in [0.15, 0.2) is 0 Å². The van der Waals surface area contributed by atoms with Crippen molar-refractivity contribution in [1.29, 1.82) is 0 Å². The van der Waals surface area contributed by atoms with Crippen molar-refractivity contribution in [3.05, 3.63) is 63.7 Å². The zero-order valence-electron chi connectivity index (χ0n) is 14.7. The summed E-state index contributed by atoms with van der Waals surface area (Å²) in [7, 11) is 1.64. The van der Waals surface area contributed by atoms with E-state index in [-0.39, 0.29) is 0 Å². The van der Waals surface area contributed by atoms with Crippen LogP contribution in [0.1, 0.15) is 25.3 Å². The Hall–Kier alpha value is -1.86. The second-order valence-electron chi connectivity index (χ2n) is 6.88. The molecule has 1 saturated carbocycles. The summed E-state index contributed by atoms with van der Waals surface area (Å²) in [6.07, 6.45) is 1.73. The Kier molecular flexibility index (Phi) is 4.31. The number of hydrogen-bond acceptors (Lipinski definition) is 4. The molecule has 4 nitrogen and oxygen atoms in total. The van der Waals surface area contributed by atoms with Crippen molar-refractivity contribution in [3.8, 4) is 5.75 Å². The molecule has 2 aromatic carbocycles. The minimum Gasteiger partial charge on any atom is -0.497 e. The van der Waals surface area contributed by atoms with Gasteiger partial charge in [0.25, 0.3) is 0 Å². The lowest BCUT2D eigenvalue weighted by atomic mass is 9.82. The summed E-state index contributed by atoms with van der Waals surface area (Å²) < 4.78 is 12.3. The van der Waals surface area contributed by atoms with Gasteiger partial charge in [0.2, 0.25) is 5.90 Å².